The van der Waals surface area contributed by atoms with Gasteiger partial charge in [-0.25, -0.2) is 9.59 Å². The minimum absolute atomic E-state index is 0.168. The Labute approximate surface area is 228 Å². The number of nitrogens with zero attached hydrogens (tertiary/aromatic N) is 6. The van der Waals surface area contributed by atoms with Gasteiger partial charge in [-0.15, -0.1) is 0 Å². The van der Waals surface area contributed by atoms with Crippen LogP contribution in [0.25, 0.3) is 11.2 Å². The summed E-state index contributed by atoms with van der Waals surface area (Å²) in [6, 6.07) is 4.47. The Morgan fingerprint density at radius 3 is 2.64 bits per heavy atom. The highest BCUT2D eigenvalue weighted by Crippen LogP contribution is 2.31. The van der Waals surface area contributed by atoms with Crippen LogP contribution in [0.3, 0.4) is 0 Å². The zero-order valence-corrected chi connectivity index (χ0v) is 23.2. The number of carbonyl (C=O) groups excluding carboxylic acids is 1. The fourth-order valence-electron chi connectivity index (χ4n) is 5.35. The Hall–Kier alpha value is -3.67. The van der Waals surface area contributed by atoms with E-state index in [0.29, 0.717) is 29.7 Å². The number of ether oxygens (including phenoxy) is 1. The molecule has 12 heteroatoms. The van der Waals surface area contributed by atoms with Crippen molar-refractivity contribution in [2.24, 2.45) is 0 Å². The van der Waals surface area contributed by atoms with Crippen molar-refractivity contribution in [3.8, 4) is 0 Å². The van der Waals surface area contributed by atoms with Crippen molar-refractivity contribution in [3.05, 3.63) is 40.1 Å². The molecule has 4 N–H and O–H groups in total. The van der Waals surface area contributed by atoms with Gasteiger partial charge in [0.2, 0.25) is 5.95 Å². The lowest BCUT2D eigenvalue weighted by Gasteiger charge is -2.51. The van der Waals surface area contributed by atoms with Gasteiger partial charge in [0, 0.05) is 44.5 Å². The van der Waals surface area contributed by atoms with Crippen LogP contribution in [0.15, 0.2) is 23.1 Å². The van der Waals surface area contributed by atoms with E-state index in [0.717, 1.165) is 56.6 Å². The Kier molecular flexibility index (Phi) is 7.48. The Balaban J connectivity index is 1.24. The van der Waals surface area contributed by atoms with Crippen molar-refractivity contribution in [3.63, 3.8) is 0 Å². The van der Waals surface area contributed by atoms with E-state index in [-0.39, 0.29) is 30.2 Å². The number of piperazine rings is 1. The summed E-state index contributed by atoms with van der Waals surface area (Å²) in [6.07, 6.45) is 5.75. The number of anilines is 2. The minimum atomic E-state index is -0.494. The van der Waals surface area contributed by atoms with Crippen LogP contribution in [0, 0.1) is 0 Å². The number of fused-ring (bicyclic) bond motifs is 4. The molecule has 3 aromatic rings. The summed E-state index contributed by atoms with van der Waals surface area (Å²) in [6.45, 7) is 11.1. The van der Waals surface area contributed by atoms with Crippen LogP contribution < -0.4 is 16.7 Å². The third-order valence-corrected chi connectivity index (χ3v) is 7.33. The van der Waals surface area contributed by atoms with Crippen LogP contribution in [-0.2, 0) is 17.8 Å². The molecule has 1 amide bonds. The number of piperidine rings is 2. The number of aromatic nitrogens is 5. The summed E-state index contributed by atoms with van der Waals surface area (Å²) < 4.78 is 7.16. The number of H-pyrrole nitrogens is 1. The SMILES string of the molecule is CCCCNc1nc(N)c2[nH]c(=O)n(Cc3ccc(CN4C[C@@H]5CC[C@@H]4CN5C(=O)OC(C)(C)C)cn3)c2n1. The van der Waals surface area contributed by atoms with Crippen LogP contribution in [0.5, 0.6) is 0 Å². The molecule has 0 spiro atoms. The topological polar surface area (TPSA) is 147 Å². The third-order valence-electron chi connectivity index (χ3n) is 7.33. The Morgan fingerprint density at radius 2 is 1.97 bits per heavy atom. The molecule has 0 radical (unpaired) electrons. The fraction of sp³-hybridized carbons (Fsp3) is 0.593. The zero-order chi connectivity index (χ0) is 27.7. The molecule has 39 heavy (non-hydrogen) atoms. The van der Waals surface area contributed by atoms with Crippen LogP contribution in [0.2, 0.25) is 0 Å². The van der Waals surface area contributed by atoms with E-state index in [1.165, 1.54) is 4.57 Å². The van der Waals surface area contributed by atoms with Crippen LogP contribution >= 0.6 is 0 Å². The van der Waals surface area contributed by atoms with Crippen molar-refractivity contribution in [2.75, 3.05) is 30.7 Å². The van der Waals surface area contributed by atoms with Gasteiger partial charge in [0.05, 0.1) is 12.2 Å². The monoisotopic (exact) mass is 537 g/mol. The first-order valence-corrected chi connectivity index (χ1v) is 13.8. The average Bonchev–Trinajstić information content (AvgIpc) is 3.20. The normalized spacial score (nSPS) is 19.5. The maximum atomic E-state index is 12.7. The molecular formula is C27H39N9O3. The van der Waals surface area contributed by atoms with Gasteiger partial charge in [0.1, 0.15) is 11.1 Å². The van der Waals surface area contributed by atoms with E-state index in [1.54, 1.807) is 0 Å². The van der Waals surface area contributed by atoms with Gasteiger partial charge in [-0.3, -0.25) is 14.5 Å². The second-order valence-corrected chi connectivity index (χ2v) is 11.5. The number of hydrogen-bond donors (Lipinski definition) is 3. The summed E-state index contributed by atoms with van der Waals surface area (Å²) in [4.78, 5) is 45.9. The molecule has 3 fully saturated rings. The molecule has 6 heterocycles. The lowest BCUT2D eigenvalue weighted by atomic mass is 9.91. The Morgan fingerprint density at radius 1 is 1.18 bits per heavy atom. The number of nitrogens with two attached hydrogens (primary N) is 1. The molecule has 0 unspecified atom stereocenters. The summed E-state index contributed by atoms with van der Waals surface area (Å²) in [5, 5.41) is 3.17. The highest BCUT2D eigenvalue weighted by Gasteiger charge is 2.42. The van der Waals surface area contributed by atoms with Gasteiger partial charge in [0.25, 0.3) is 0 Å². The number of aromatic amines is 1. The number of amides is 1. The van der Waals surface area contributed by atoms with E-state index in [1.807, 2.05) is 37.9 Å². The molecule has 0 saturated carbocycles. The molecule has 0 aliphatic carbocycles. The highest BCUT2D eigenvalue weighted by atomic mass is 16.6. The van der Waals surface area contributed by atoms with E-state index < -0.39 is 5.60 Å². The van der Waals surface area contributed by atoms with Crippen molar-refractivity contribution < 1.29 is 9.53 Å². The zero-order valence-electron chi connectivity index (χ0n) is 23.2. The molecule has 3 saturated heterocycles. The molecule has 6 rings (SSSR count). The maximum Gasteiger partial charge on any atom is 0.410 e. The molecule has 2 bridgehead atoms. The number of pyridine rings is 1. The number of nitrogen functional groups attached to an aromatic ring is 1. The van der Waals surface area contributed by atoms with E-state index in [4.69, 9.17) is 10.5 Å². The maximum absolute atomic E-state index is 12.7. The van der Waals surface area contributed by atoms with Gasteiger partial charge in [-0.2, -0.15) is 9.97 Å². The largest absolute Gasteiger partial charge is 0.444 e. The quantitative estimate of drug-likeness (QED) is 0.369. The van der Waals surface area contributed by atoms with E-state index >= 15 is 0 Å². The number of nitrogens with one attached hydrogen (secondary N) is 2. The molecule has 12 nitrogen and oxygen atoms in total. The molecule has 210 valence electrons. The smallest absolute Gasteiger partial charge is 0.410 e. The summed E-state index contributed by atoms with van der Waals surface area (Å²) in [7, 11) is 0. The average molecular weight is 538 g/mol. The van der Waals surface area contributed by atoms with E-state index in [2.05, 4.69) is 43.1 Å². The van der Waals surface area contributed by atoms with E-state index in [9.17, 15) is 9.59 Å². The predicted molar refractivity (Wildman–Crippen MR) is 149 cm³/mol. The highest BCUT2D eigenvalue weighted by molar-refractivity contribution is 5.82. The number of hydrogen-bond acceptors (Lipinski definition) is 9. The van der Waals surface area contributed by atoms with Crippen molar-refractivity contribution in [2.45, 2.75) is 84.2 Å². The minimum Gasteiger partial charge on any atom is -0.444 e. The van der Waals surface area contributed by atoms with Gasteiger partial charge in [0.15, 0.2) is 11.5 Å². The lowest BCUT2D eigenvalue weighted by molar-refractivity contribution is -0.0436. The van der Waals surface area contributed by atoms with Crippen LogP contribution in [-0.4, -0.2) is 77.7 Å². The molecule has 3 aliphatic heterocycles. The fourth-order valence-corrected chi connectivity index (χ4v) is 5.35. The number of unbranched alkanes of at least 4 members (excludes halogenated alkanes) is 1. The summed E-state index contributed by atoms with van der Waals surface area (Å²) >= 11 is 0. The molecule has 2 atom stereocenters. The predicted octanol–water partition coefficient (Wildman–Crippen LogP) is 2.94. The number of rotatable bonds is 8. The summed E-state index contributed by atoms with van der Waals surface area (Å²) in [5.74, 6) is 0.643. The number of carbonyl (C=O) groups is 1. The standard InChI is InChI=1S/C27H39N9O3/c1-5-6-11-29-24-32-22(28)21-23(33-24)36(25(37)31-21)14-18-8-7-17(12-30-18)13-34-15-20-10-9-19(34)16-35(20)26(38)39-27(2,3)4/h7-8,12,19-20H,5-6,9-11,13-16H2,1-4H3,(H,31,37)(H3,28,29,32,33)/t19-,20+/m1/s1. The van der Waals surface area contributed by atoms with Gasteiger partial charge >= 0.3 is 11.8 Å². The lowest BCUT2D eigenvalue weighted by Crippen LogP contribution is -2.63. The molecule has 3 aromatic heterocycles. The third kappa shape index (κ3) is 6.00. The van der Waals surface area contributed by atoms with Crippen LogP contribution in [0.1, 0.15) is 64.6 Å². The molecule has 0 aromatic carbocycles. The molecular weight excluding hydrogens is 498 g/mol. The van der Waals surface area contributed by atoms with Gasteiger partial charge < -0.3 is 25.7 Å². The first-order chi connectivity index (χ1) is 18.6. The van der Waals surface area contributed by atoms with Crippen molar-refractivity contribution in [1.29, 1.82) is 0 Å². The van der Waals surface area contributed by atoms with Crippen molar-refractivity contribution >= 4 is 29.0 Å². The van der Waals surface area contributed by atoms with Gasteiger partial charge in [-0.1, -0.05) is 19.4 Å². The number of imidazole rings is 1. The summed E-state index contributed by atoms with van der Waals surface area (Å²) in [5.41, 5.74) is 8.02. The second-order valence-electron chi connectivity index (χ2n) is 11.5. The Bertz CT molecular complexity index is 1380. The first-order valence-electron chi connectivity index (χ1n) is 13.8. The van der Waals surface area contributed by atoms with Gasteiger partial charge in [-0.05, 0) is 51.7 Å². The first kappa shape index (κ1) is 26.9. The second kappa shape index (κ2) is 10.8. The van der Waals surface area contributed by atoms with Crippen molar-refractivity contribution in [1.82, 2.24) is 34.3 Å². The van der Waals surface area contributed by atoms with Crippen LogP contribution in [0.4, 0.5) is 16.6 Å². The molecule has 3 aliphatic rings.